The monoisotopic (exact) mass is 329 g/mol. The predicted octanol–water partition coefficient (Wildman–Crippen LogP) is 0.921. The summed E-state index contributed by atoms with van der Waals surface area (Å²) in [6, 6.07) is 0. The van der Waals surface area contributed by atoms with Crippen LogP contribution in [0.5, 0.6) is 0 Å². The first kappa shape index (κ1) is 17.0. The zero-order chi connectivity index (χ0) is 16.5. The van der Waals surface area contributed by atoms with Crippen molar-refractivity contribution in [3.63, 3.8) is 0 Å². The standard InChI is InChI=1S/C14H23N3O4S/c1-10-13(11(2)21-15-10)9-16(3)14(18)12-6-5-7-17(8-12)22(4,19)20/h12H,5-9H2,1-4H3/t12-/m0/s1. The molecular weight excluding hydrogens is 306 g/mol. The van der Waals surface area contributed by atoms with E-state index >= 15 is 0 Å². The van der Waals surface area contributed by atoms with Gasteiger partial charge in [0.15, 0.2) is 0 Å². The third kappa shape index (κ3) is 3.67. The maximum absolute atomic E-state index is 12.6. The van der Waals surface area contributed by atoms with Gasteiger partial charge >= 0.3 is 0 Å². The molecule has 1 fully saturated rings. The molecule has 1 saturated heterocycles. The lowest BCUT2D eigenvalue weighted by Crippen LogP contribution is -2.45. The molecule has 1 aromatic heterocycles. The number of piperidine rings is 1. The Kier molecular flexibility index (Phi) is 4.91. The summed E-state index contributed by atoms with van der Waals surface area (Å²) in [4.78, 5) is 14.2. The fraction of sp³-hybridized carbons (Fsp3) is 0.714. The van der Waals surface area contributed by atoms with Gasteiger partial charge in [0.25, 0.3) is 0 Å². The van der Waals surface area contributed by atoms with Gasteiger partial charge in [-0.25, -0.2) is 12.7 Å². The molecule has 0 saturated carbocycles. The molecule has 1 amide bonds. The number of rotatable bonds is 4. The molecule has 0 aliphatic carbocycles. The Bertz CT molecular complexity index is 634. The highest BCUT2D eigenvalue weighted by Crippen LogP contribution is 2.22. The minimum atomic E-state index is -3.24. The van der Waals surface area contributed by atoms with E-state index < -0.39 is 10.0 Å². The summed E-state index contributed by atoms with van der Waals surface area (Å²) in [5.41, 5.74) is 1.69. The van der Waals surface area contributed by atoms with Crippen molar-refractivity contribution in [1.29, 1.82) is 0 Å². The Morgan fingerprint density at radius 2 is 2.14 bits per heavy atom. The average Bonchev–Trinajstić information content (AvgIpc) is 2.77. The van der Waals surface area contributed by atoms with E-state index in [1.54, 1.807) is 11.9 Å². The highest BCUT2D eigenvalue weighted by atomic mass is 32.2. The topological polar surface area (TPSA) is 83.7 Å². The Balaban J connectivity index is 2.04. The Hall–Kier alpha value is -1.41. The SMILES string of the molecule is Cc1noc(C)c1CN(C)C(=O)[C@H]1CCCN(S(C)(=O)=O)C1. The Labute approximate surface area is 131 Å². The van der Waals surface area contributed by atoms with Gasteiger partial charge in [-0.3, -0.25) is 4.79 Å². The number of nitrogens with zero attached hydrogens (tertiary/aromatic N) is 3. The van der Waals surface area contributed by atoms with Crippen molar-refractivity contribution in [3.05, 3.63) is 17.0 Å². The van der Waals surface area contributed by atoms with Crippen LogP contribution in [0.15, 0.2) is 4.52 Å². The molecule has 0 bridgehead atoms. The van der Waals surface area contributed by atoms with Gasteiger partial charge in [0.2, 0.25) is 15.9 Å². The number of aromatic nitrogens is 1. The first-order chi connectivity index (χ1) is 10.2. The lowest BCUT2D eigenvalue weighted by atomic mass is 9.98. The molecule has 1 aliphatic rings. The third-order valence-electron chi connectivity index (χ3n) is 4.16. The molecule has 0 unspecified atom stereocenters. The van der Waals surface area contributed by atoms with E-state index in [1.807, 2.05) is 13.8 Å². The van der Waals surface area contributed by atoms with E-state index in [2.05, 4.69) is 5.16 Å². The van der Waals surface area contributed by atoms with Crippen LogP contribution in [0.25, 0.3) is 0 Å². The predicted molar refractivity (Wildman–Crippen MR) is 81.6 cm³/mol. The number of amides is 1. The molecule has 0 aromatic carbocycles. The van der Waals surface area contributed by atoms with Crippen LogP contribution < -0.4 is 0 Å². The number of carbonyl (C=O) groups excluding carboxylic acids is 1. The normalized spacial score (nSPS) is 20.1. The van der Waals surface area contributed by atoms with Crippen LogP contribution in [0.3, 0.4) is 0 Å². The lowest BCUT2D eigenvalue weighted by molar-refractivity contribution is -0.135. The molecule has 0 spiro atoms. The molecule has 0 radical (unpaired) electrons. The largest absolute Gasteiger partial charge is 0.361 e. The van der Waals surface area contributed by atoms with E-state index in [4.69, 9.17) is 4.52 Å². The van der Waals surface area contributed by atoms with E-state index in [1.165, 1.54) is 10.6 Å². The fourth-order valence-electron chi connectivity index (χ4n) is 2.80. The summed E-state index contributed by atoms with van der Waals surface area (Å²) in [6.07, 6.45) is 2.62. The first-order valence-electron chi connectivity index (χ1n) is 7.32. The summed E-state index contributed by atoms with van der Waals surface area (Å²) in [6.45, 7) is 4.85. The highest BCUT2D eigenvalue weighted by molar-refractivity contribution is 7.88. The zero-order valence-corrected chi connectivity index (χ0v) is 14.3. The summed E-state index contributed by atoms with van der Waals surface area (Å²) in [5.74, 6) is 0.390. The molecular formula is C14H23N3O4S. The second kappa shape index (κ2) is 6.37. The molecule has 2 rings (SSSR count). The summed E-state index contributed by atoms with van der Waals surface area (Å²) >= 11 is 0. The van der Waals surface area contributed by atoms with Crippen molar-refractivity contribution in [2.45, 2.75) is 33.2 Å². The number of carbonyl (C=O) groups is 1. The summed E-state index contributed by atoms with van der Waals surface area (Å²) < 4.78 is 29.8. The van der Waals surface area contributed by atoms with Crippen LogP contribution in [-0.4, -0.2) is 55.1 Å². The number of sulfonamides is 1. The molecule has 1 atom stereocenters. The highest BCUT2D eigenvalue weighted by Gasteiger charge is 2.32. The zero-order valence-electron chi connectivity index (χ0n) is 13.5. The maximum Gasteiger partial charge on any atom is 0.227 e. The smallest absolute Gasteiger partial charge is 0.227 e. The molecule has 0 N–H and O–H groups in total. The van der Waals surface area contributed by atoms with Crippen LogP contribution in [0.1, 0.15) is 29.9 Å². The Morgan fingerprint density at radius 1 is 1.45 bits per heavy atom. The minimum Gasteiger partial charge on any atom is -0.361 e. The van der Waals surface area contributed by atoms with Crippen molar-refractivity contribution >= 4 is 15.9 Å². The number of hydrogen-bond donors (Lipinski definition) is 0. The van der Waals surface area contributed by atoms with Crippen LogP contribution in [0.2, 0.25) is 0 Å². The molecule has 2 heterocycles. The minimum absolute atomic E-state index is 0.0339. The first-order valence-corrected chi connectivity index (χ1v) is 9.17. The van der Waals surface area contributed by atoms with E-state index in [0.717, 1.165) is 17.7 Å². The number of aryl methyl sites for hydroxylation is 2. The van der Waals surface area contributed by atoms with E-state index in [0.29, 0.717) is 25.3 Å². The third-order valence-corrected chi connectivity index (χ3v) is 5.42. The molecule has 7 nitrogen and oxygen atoms in total. The van der Waals surface area contributed by atoms with Gasteiger partial charge in [-0.2, -0.15) is 0 Å². The second-order valence-electron chi connectivity index (χ2n) is 5.96. The van der Waals surface area contributed by atoms with E-state index in [9.17, 15) is 13.2 Å². The molecule has 1 aliphatic heterocycles. The maximum atomic E-state index is 12.6. The second-order valence-corrected chi connectivity index (χ2v) is 7.94. The van der Waals surface area contributed by atoms with Gasteiger partial charge in [0.1, 0.15) is 5.76 Å². The van der Waals surface area contributed by atoms with Gasteiger partial charge in [-0.1, -0.05) is 5.16 Å². The van der Waals surface area contributed by atoms with Crippen LogP contribution in [0.4, 0.5) is 0 Å². The lowest BCUT2D eigenvalue weighted by Gasteiger charge is -2.32. The molecule has 124 valence electrons. The average molecular weight is 329 g/mol. The Morgan fingerprint density at radius 3 is 2.68 bits per heavy atom. The van der Waals surface area contributed by atoms with Crippen molar-refractivity contribution in [1.82, 2.24) is 14.4 Å². The van der Waals surface area contributed by atoms with Crippen molar-refractivity contribution in [2.24, 2.45) is 5.92 Å². The van der Waals surface area contributed by atoms with Gasteiger partial charge in [0.05, 0.1) is 24.4 Å². The van der Waals surface area contributed by atoms with Gasteiger partial charge in [0, 0.05) is 25.7 Å². The quantitative estimate of drug-likeness (QED) is 0.820. The molecule has 22 heavy (non-hydrogen) atoms. The van der Waals surface area contributed by atoms with Crippen LogP contribution in [-0.2, 0) is 21.4 Å². The molecule has 8 heteroatoms. The summed E-state index contributed by atoms with van der Waals surface area (Å²) in [5, 5.41) is 3.88. The van der Waals surface area contributed by atoms with Crippen molar-refractivity contribution in [2.75, 3.05) is 26.4 Å². The van der Waals surface area contributed by atoms with Crippen LogP contribution in [0, 0.1) is 19.8 Å². The fourth-order valence-corrected chi connectivity index (χ4v) is 3.71. The molecule has 1 aromatic rings. The summed E-state index contributed by atoms with van der Waals surface area (Å²) in [7, 11) is -1.51. The van der Waals surface area contributed by atoms with Gasteiger partial charge < -0.3 is 9.42 Å². The number of hydrogen-bond acceptors (Lipinski definition) is 5. The van der Waals surface area contributed by atoms with Crippen molar-refractivity contribution in [3.8, 4) is 0 Å². The van der Waals surface area contributed by atoms with Crippen molar-refractivity contribution < 1.29 is 17.7 Å². The van der Waals surface area contributed by atoms with Gasteiger partial charge in [-0.05, 0) is 26.7 Å². The van der Waals surface area contributed by atoms with E-state index in [-0.39, 0.29) is 18.4 Å². The van der Waals surface area contributed by atoms with Gasteiger partial charge in [-0.15, -0.1) is 0 Å². The van der Waals surface area contributed by atoms with Crippen LogP contribution >= 0.6 is 0 Å².